The Balaban J connectivity index is 0.00000182. The largest absolute Gasteiger partial charge is 0.482 e. The molecule has 25 heavy (non-hydrogen) atoms. The number of rotatable bonds is 3. The highest BCUT2D eigenvalue weighted by Gasteiger charge is 2.52. The molecule has 2 aromatic carbocycles. The zero-order chi connectivity index (χ0) is 16.6. The van der Waals surface area contributed by atoms with E-state index in [2.05, 4.69) is 79.4 Å². The summed E-state index contributed by atoms with van der Waals surface area (Å²) in [6.45, 7) is 7.50. The van der Waals surface area contributed by atoms with Gasteiger partial charge in [-0.3, -0.25) is 4.90 Å². The Hall–Kier alpha value is -1.77. The number of nitrogens with zero attached hydrogens (tertiary/aromatic N) is 1. The van der Waals surface area contributed by atoms with Crippen LogP contribution in [0.25, 0.3) is 0 Å². The van der Waals surface area contributed by atoms with Gasteiger partial charge in [-0.2, -0.15) is 0 Å². The first-order chi connectivity index (χ1) is 11.7. The molecule has 2 aliphatic heterocycles. The smallest absolute Gasteiger partial charge is 0.143 e. The maximum Gasteiger partial charge on any atom is 0.143 e. The Morgan fingerprint density at radius 2 is 1.84 bits per heavy atom. The lowest BCUT2D eigenvalue weighted by molar-refractivity contribution is 0.00300. The number of fused-ring (bicyclic) bond motifs is 3. The van der Waals surface area contributed by atoms with Crippen LogP contribution in [0.1, 0.15) is 37.3 Å². The summed E-state index contributed by atoms with van der Waals surface area (Å²) in [6.07, 6.45) is 3.37. The highest BCUT2D eigenvalue weighted by Crippen LogP contribution is 2.54. The van der Waals surface area contributed by atoms with E-state index in [1.807, 2.05) is 0 Å². The molecular formula is C22H26ClNO. The van der Waals surface area contributed by atoms with E-state index in [4.69, 9.17) is 4.74 Å². The molecule has 0 aliphatic carbocycles. The first-order valence-electron chi connectivity index (χ1n) is 8.88. The van der Waals surface area contributed by atoms with Crippen molar-refractivity contribution in [3.63, 3.8) is 0 Å². The molecule has 2 aliphatic rings. The van der Waals surface area contributed by atoms with E-state index in [9.17, 15) is 0 Å². The van der Waals surface area contributed by atoms with Crippen molar-refractivity contribution in [1.29, 1.82) is 0 Å². The van der Waals surface area contributed by atoms with Gasteiger partial charge in [0.25, 0.3) is 0 Å². The summed E-state index contributed by atoms with van der Waals surface area (Å²) >= 11 is 0. The van der Waals surface area contributed by atoms with Gasteiger partial charge in [-0.1, -0.05) is 60.2 Å². The zero-order valence-corrected chi connectivity index (χ0v) is 15.8. The average molecular weight is 356 g/mol. The number of hydrogen-bond acceptors (Lipinski definition) is 2. The van der Waals surface area contributed by atoms with Crippen molar-refractivity contribution in [2.75, 3.05) is 19.6 Å². The Bertz CT molecular complexity index is 754. The summed E-state index contributed by atoms with van der Waals surface area (Å²) in [4.78, 5) is 2.56. The van der Waals surface area contributed by atoms with Crippen LogP contribution >= 0.6 is 12.4 Å². The van der Waals surface area contributed by atoms with Crippen LogP contribution < -0.4 is 4.74 Å². The number of halogens is 1. The van der Waals surface area contributed by atoms with Gasteiger partial charge in [0.05, 0.1) is 0 Å². The fraction of sp³-hybridized carbons (Fsp3) is 0.364. The lowest BCUT2D eigenvalue weighted by Crippen LogP contribution is -2.49. The number of likely N-dealkylation sites (tertiary alicyclic amines) is 1. The van der Waals surface area contributed by atoms with E-state index in [0.717, 1.165) is 31.8 Å². The van der Waals surface area contributed by atoms with Crippen molar-refractivity contribution in [2.45, 2.75) is 31.8 Å². The van der Waals surface area contributed by atoms with Gasteiger partial charge in [-0.25, -0.2) is 0 Å². The number of para-hydroxylation sites is 1. The summed E-state index contributed by atoms with van der Waals surface area (Å²) in [5.74, 6) is 1.46. The molecule has 3 heteroatoms. The molecule has 0 aromatic heterocycles. The number of allylic oxidation sites excluding steroid dienone is 1. The number of hydrogen-bond donors (Lipinski definition) is 0. The second kappa shape index (κ2) is 7.23. The second-order valence-corrected chi connectivity index (χ2v) is 7.24. The monoisotopic (exact) mass is 355 g/mol. The molecule has 0 bridgehead atoms. The third-order valence-electron chi connectivity index (χ3n) is 5.41. The Morgan fingerprint density at radius 1 is 1.12 bits per heavy atom. The molecule has 2 atom stereocenters. The van der Waals surface area contributed by atoms with Gasteiger partial charge in [0.1, 0.15) is 11.4 Å². The van der Waals surface area contributed by atoms with Gasteiger partial charge in [0, 0.05) is 37.5 Å². The van der Waals surface area contributed by atoms with Crippen molar-refractivity contribution >= 4 is 12.4 Å². The molecule has 0 amide bonds. The second-order valence-electron chi connectivity index (χ2n) is 7.24. The maximum atomic E-state index is 6.62. The van der Waals surface area contributed by atoms with Crippen LogP contribution in [0, 0.1) is 0 Å². The van der Waals surface area contributed by atoms with E-state index in [0.29, 0.717) is 5.92 Å². The minimum atomic E-state index is -0.202. The maximum absolute atomic E-state index is 6.62. The van der Waals surface area contributed by atoms with Gasteiger partial charge in [0.15, 0.2) is 0 Å². The predicted molar refractivity (Wildman–Crippen MR) is 106 cm³/mol. The molecule has 0 N–H and O–H groups in total. The molecule has 0 spiro atoms. The van der Waals surface area contributed by atoms with Gasteiger partial charge in [0.2, 0.25) is 0 Å². The molecule has 1 fully saturated rings. The minimum Gasteiger partial charge on any atom is -0.482 e. The fourth-order valence-electron chi connectivity index (χ4n) is 4.13. The van der Waals surface area contributed by atoms with E-state index < -0.39 is 0 Å². The van der Waals surface area contributed by atoms with Crippen LogP contribution in [0.15, 0.2) is 66.2 Å². The van der Waals surface area contributed by atoms with Crippen LogP contribution in [-0.2, 0) is 5.60 Å². The van der Waals surface area contributed by atoms with E-state index in [-0.39, 0.29) is 18.0 Å². The first-order valence-corrected chi connectivity index (χ1v) is 8.88. The van der Waals surface area contributed by atoms with Crippen molar-refractivity contribution in [1.82, 2.24) is 4.90 Å². The summed E-state index contributed by atoms with van der Waals surface area (Å²) in [5, 5.41) is 0. The van der Waals surface area contributed by atoms with E-state index in [1.54, 1.807) is 0 Å². The van der Waals surface area contributed by atoms with Crippen molar-refractivity contribution in [3.8, 4) is 5.75 Å². The molecule has 2 aromatic rings. The third kappa shape index (κ3) is 3.21. The standard InChI is InChI=1S/C22H25NO.ClH/c1-17(2)12-14-23-15-13-22(18-8-4-3-5-9-18)20(16-23)19-10-6-7-11-21(19)24-22;/h3-12,20H,13-16H2,1-2H3;1H/t20-,22+;/m0./s1. The molecule has 1 saturated heterocycles. The number of piperidine rings is 1. The van der Waals surface area contributed by atoms with Gasteiger partial charge in [-0.15, -0.1) is 12.4 Å². The van der Waals surface area contributed by atoms with Crippen LogP contribution in [0.2, 0.25) is 0 Å². The van der Waals surface area contributed by atoms with Gasteiger partial charge >= 0.3 is 0 Å². The topological polar surface area (TPSA) is 12.5 Å². The van der Waals surface area contributed by atoms with Crippen LogP contribution in [0.4, 0.5) is 0 Å². The molecule has 4 rings (SSSR count). The highest BCUT2D eigenvalue weighted by atomic mass is 35.5. The zero-order valence-electron chi connectivity index (χ0n) is 14.9. The van der Waals surface area contributed by atoms with Crippen molar-refractivity contribution in [3.05, 3.63) is 77.4 Å². The minimum absolute atomic E-state index is 0. The first kappa shape index (κ1) is 18.0. The summed E-state index contributed by atoms with van der Waals surface area (Å²) in [6, 6.07) is 19.4. The Labute approximate surface area is 156 Å². The Morgan fingerprint density at radius 3 is 2.60 bits per heavy atom. The molecule has 0 unspecified atom stereocenters. The summed E-state index contributed by atoms with van der Waals surface area (Å²) in [5.41, 5.74) is 3.86. The summed E-state index contributed by atoms with van der Waals surface area (Å²) in [7, 11) is 0. The molecule has 132 valence electrons. The molecule has 0 radical (unpaired) electrons. The van der Waals surface area contributed by atoms with Gasteiger partial charge < -0.3 is 4.74 Å². The van der Waals surface area contributed by atoms with E-state index >= 15 is 0 Å². The lowest BCUT2D eigenvalue weighted by Gasteiger charge is -2.43. The fourth-order valence-corrected chi connectivity index (χ4v) is 4.13. The Kier molecular flexibility index (Phi) is 5.21. The van der Waals surface area contributed by atoms with Crippen molar-refractivity contribution < 1.29 is 4.74 Å². The van der Waals surface area contributed by atoms with Crippen LogP contribution in [-0.4, -0.2) is 24.5 Å². The van der Waals surface area contributed by atoms with Crippen LogP contribution in [0.5, 0.6) is 5.75 Å². The quantitative estimate of drug-likeness (QED) is 0.706. The number of ether oxygens (including phenoxy) is 1. The molecule has 2 nitrogen and oxygen atoms in total. The molecule has 2 heterocycles. The normalized spacial score (nSPS) is 24.5. The van der Waals surface area contributed by atoms with E-state index in [1.165, 1.54) is 16.7 Å². The average Bonchev–Trinajstić information content (AvgIpc) is 2.96. The number of benzene rings is 2. The molecule has 0 saturated carbocycles. The molecular weight excluding hydrogens is 330 g/mol. The lowest BCUT2D eigenvalue weighted by atomic mass is 9.74. The predicted octanol–water partition coefficient (Wildman–Crippen LogP) is 5.15. The SMILES string of the molecule is CC(C)=CCN1CC[C@]2(c3ccccc3)Oc3ccccc3[C@@H]2C1.Cl. The van der Waals surface area contributed by atoms with Gasteiger partial charge in [-0.05, 0) is 25.5 Å². The third-order valence-corrected chi connectivity index (χ3v) is 5.41. The highest BCUT2D eigenvalue weighted by molar-refractivity contribution is 5.85. The van der Waals surface area contributed by atoms with Crippen LogP contribution in [0.3, 0.4) is 0 Å². The summed E-state index contributed by atoms with van der Waals surface area (Å²) < 4.78 is 6.62. The van der Waals surface area contributed by atoms with Crippen molar-refractivity contribution in [2.24, 2.45) is 0 Å².